The van der Waals surface area contributed by atoms with E-state index in [0.717, 1.165) is 15.4 Å². The zero-order chi connectivity index (χ0) is 15.2. The summed E-state index contributed by atoms with van der Waals surface area (Å²) in [5.41, 5.74) is 0.447. The molecule has 0 amide bonds. The van der Waals surface area contributed by atoms with Crippen LogP contribution in [0.15, 0.2) is 24.4 Å². The van der Waals surface area contributed by atoms with Gasteiger partial charge in [0.15, 0.2) is 11.6 Å². The maximum atomic E-state index is 13.8. The Morgan fingerprint density at radius 1 is 1.38 bits per heavy atom. The van der Waals surface area contributed by atoms with Crippen LogP contribution in [0, 0.1) is 17.1 Å². The summed E-state index contributed by atoms with van der Waals surface area (Å²) in [6.07, 6.45) is 1.69. The van der Waals surface area contributed by atoms with E-state index in [1.807, 2.05) is 31.5 Å². The van der Waals surface area contributed by atoms with E-state index in [9.17, 15) is 9.65 Å². The number of para-hydroxylation sites is 1. The monoisotopic (exact) mass is 300 g/mol. The smallest absolute Gasteiger partial charge is 0.152 e. The molecule has 0 saturated heterocycles. The molecule has 0 N–H and O–H groups in total. The van der Waals surface area contributed by atoms with Crippen LogP contribution >= 0.6 is 11.3 Å². The minimum Gasteiger partial charge on any atom is -0.326 e. The predicted octanol–water partition coefficient (Wildman–Crippen LogP) is 3.64. The van der Waals surface area contributed by atoms with Gasteiger partial charge in [-0.05, 0) is 26.0 Å². The van der Waals surface area contributed by atoms with E-state index in [1.54, 1.807) is 12.3 Å². The van der Waals surface area contributed by atoms with Crippen molar-refractivity contribution < 1.29 is 4.39 Å². The van der Waals surface area contributed by atoms with Crippen LogP contribution in [-0.2, 0) is 12.5 Å². The number of nitriles is 1. The Balaban J connectivity index is 2.16. The Morgan fingerprint density at radius 3 is 2.81 bits per heavy atom. The van der Waals surface area contributed by atoms with E-state index in [2.05, 4.69) is 16.0 Å². The summed E-state index contributed by atoms with van der Waals surface area (Å²) in [4.78, 5) is 9.52. The first-order valence-electron chi connectivity index (χ1n) is 6.43. The molecule has 2 heterocycles. The molecular weight excluding hydrogens is 287 g/mol. The van der Waals surface area contributed by atoms with Crippen LogP contribution in [0.4, 0.5) is 4.39 Å². The van der Waals surface area contributed by atoms with Gasteiger partial charge in [-0.3, -0.25) is 0 Å². The van der Waals surface area contributed by atoms with Crippen LogP contribution in [-0.4, -0.2) is 14.5 Å². The van der Waals surface area contributed by atoms with Gasteiger partial charge in [0.25, 0.3) is 0 Å². The molecule has 106 valence electrons. The van der Waals surface area contributed by atoms with Gasteiger partial charge in [0.2, 0.25) is 0 Å². The molecule has 0 aliphatic heterocycles. The highest BCUT2D eigenvalue weighted by molar-refractivity contribution is 7.15. The maximum Gasteiger partial charge on any atom is 0.152 e. The summed E-state index contributed by atoms with van der Waals surface area (Å²) in [7, 11) is 1.85. The van der Waals surface area contributed by atoms with E-state index in [1.165, 1.54) is 17.4 Å². The van der Waals surface area contributed by atoms with Crippen molar-refractivity contribution in [2.45, 2.75) is 19.3 Å². The lowest BCUT2D eigenvalue weighted by Crippen LogP contribution is -2.12. The molecule has 0 bridgehead atoms. The molecule has 2 aromatic heterocycles. The Kier molecular flexibility index (Phi) is 3.03. The van der Waals surface area contributed by atoms with Crippen LogP contribution in [0.2, 0.25) is 0 Å². The van der Waals surface area contributed by atoms with E-state index < -0.39 is 5.41 Å². The second kappa shape index (κ2) is 4.64. The van der Waals surface area contributed by atoms with E-state index in [0.29, 0.717) is 11.3 Å². The van der Waals surface area contributed by atoms with Crippen molar-refractivity contribution in [3.8, 4) is 16.8 Å². The zero-order valence-electron chi connectivity index (χ0n) is 11.9. The fraction of sp³-hybridized carbons (Fsp3) is 0.267. The summed E-state index contributed by atoms with van der Waals surface area (Å²) in [6, 6.07) is 7.13. The molecule has 0 aliphatic carbocycles. The number of fused-ring (bicyclic) bond motifs is 1. The second-order valence-corrected chi connectivity index (χ2v) is 6.40. The largest absolute Gasteiger partial charge is 0.326 e. The van der Waals surface area contributed by atoms with Gasteiger partial charge in [-0.1, -0.05) is 6.07 Å². The predicted molar refractivity (Wildman–Crippen MR) is 80.4 cm³/mol. The third kappa shape index (κ3) is 2.10. The molecule has 21 heavy (non-hydrogen) atoms. The number of imidazole rings is 1. The molecule has 1 aromatic carbocycles. The molecule has 3 aromatic rings. The van der Waals surface area contributed by atoms with Gasteiger partial charge in [0.05, 0.1) is 16.5 Å². The van der Waals surface area contributed by atoms with Crippen molar-refractivity contribution in [3.05, 3.63) is 35.2 Å². The van der Waals surface area contributed by atoms with Crippen LogP contribution < -0.4 is 0 Å². The fourth-order valence-electron chi connectivity index (χ4n) is 2.11. The van der Waals surface area contributed by atoms with E-state index in [4.69, 9.17) is 0 Å². The molecule has 0 saturated carbocycles. The molecule has 4 nitrogen and oxygen atoms in total. The van der Waals surface area contributed by atoms with E-state index in [-0.39, 0.29) is 5.82 Å². The summed E-state index contributed by atoms with van der Waals surface area (Å²) in [6.45, 7) is 3.65. The van der Waals surface area contributed by atoms with Crippen LogP contribution in [0.25, 0.3) is 21.7 Å². The highest BCUT2D eigenvalue weighted by Gasteiger charge is 2.25. The number of hydrogen-bond acceptors (Lipinski definition) is 4. The van der Waals surface area contributed by atoms with E-state index >= 15 is 0 Å². The third-order valence-corrected chi connectivity index (χ3v) is 4.72. The van der Waals surface area contributed by atoms with Gasteiger partial charge in [-0.25, -0.2) is 14.4 Å². The maximum absolute atomic E-state index is 13.8. The average molecular weight is 300 g/mol. The first-order chi connectivity index (χ1) is 9.94. The van der Waals surface area contributed by atoms with Gasteiger partial charge in [-0.15, -0.1) is 11.3 Å². The summed E-state index contributed by atoms with van der Waals surface area (Å²) >= 11 is 1.41. The van der Waals surface area contributed by atoms with Crippen molar-refractivity contribution >= 4 is 22.4 Å². The number of halogens is 1. The van der Waals surface area contributed by atoms with Gasteiger partial charge >= 0.3 is 0 Å². The minimum absolute atomic E-state index is 0.337. The lowest BCUT2D eigenvalue weighted by Gasteiger charge is -2.09. The van der Waals surface area contributed by atoms with Crippen molar-refractivity contribution in [2.24, 2.45) is 7.05 Å². The molecule has 0 unspecified atom stereocenters. The molecule has 6 heteroatoms. The van der Waals surface area contributed by atoms with Gasteiger partial charge < -0.3 is 4.57 Å². The van der Waals surface area contributed by atoms with Gasteiger partial charge in [0, 0.05) is 13.2 Å². The van der Waals surface area contributed by atoms with Crippen molar-refractivity contribution in [1.82, 2.24) is 14.5 Å². The SMILES string of the molecule is Cn1c(-c2cnc(C(C)(C)C#N)s2)nc2c(F)cccc21. The minimum atomic E-state index is -0.640. The first kappa shape index (κ1) is 13.7. The lowest BCUT2D eigenvalue weighted by molar-refractivity contribution is 0.637. The number of benzene rings is 1. The summed E-state index contributed by atoms with van der Waals surface area (Å²) in [5.74, 6) is 0.323. The quantitative estimate of drug-likeness (QED) is 0.726. The van der Waals surface area contributed by atoms with Gasteiger partial charge in [-0.2, -0.15) is 5.26 Å². The Labute approximate surface area is 125 Å². The molecule has 0 spiro atoms. The molecule has 0 atom stereocenters. The lowest BCUT2D eigenvalue weighted by atomic mass is 9.97. The van der Waals surface area contributed by atoms with Crippen molar-refractivity contribution in [2.75, 3.05) is 0 Å². The Hall–Kier alpha value is -2.26. The normalized spacial score (nSPS) is 11.8. The highest BCUT2D eigenvalue weighted by Crippen LogP contribution is 2.33. The second-order valence-electron chi connectivity index (χ2n) is 5.37. The van der Waals surface area contributed by atoms with Crippen LogP contribution in [0.1, 0.15) is 18.9 Å². The Morgan fingerprint density at radius 2 is 2.14 bits per heavy atom. The number of rotatable bonds is 2. The van der Waals surface area contributed by atoms with Gasteiger partial charge in [0.1, 0.15) is 15.9 Å². The number of thiazole rings is 1. The average Bonchev–Trinajstić information content (AvgIpc) is 3.06. The van der Waals surface area contributed by atoms with Crippen molar-refractivity contribution in [3.63, 3.8) is 0 Å². The number of nitrogens with zero attached hydrogens (tertiary/aromatic N) is 4. The molecule has 0 fully saturated rings. The standard InChI is InChI=1S/C15H13FN4S/c1-15(2,8-17)14-18-7-11(21-14)13-19-12-9(16)5-4-6-10(12)20(13)3/h4-7H,1-3H3. The molecule has 3 rings (SSSR count). The topological polar surface area (TPSA) is 54.5 Å². The first-order valence-corrected chi connectivity index (χ1v) is 7.24. The molecular formula is C15H13FN4S. The zero-order valence-corrected chi connectivity index (χ0v) is 12.7. The number of aryl methyl sites for hydroxylation is 1. The summed E-state index contributed by atoms with van der Waals surface area (Å²) in [5, 5.41) is 9.91. The molecule has 0 radical (unpaired) electrons. The number of hydrogen-bond donors (Lipinski definition) is 0. The molecule has 0 aliphatic rings. The summed E-state index contributed by atoms with van der Waals surface area (Å²) < 4.78 is 15.7. The fourth-order valence-corrected chi connectivity index (χ4v) is 3.11. The number of aromatic nitrogens is 3. The highest BCUT2D eigenvalue weighted by atomic mass is 32.1. The van der Waals surface area contributed by atoms with Crippen molar-refractivity contribution in [1.29, 1.82) is 5.26 Å². The van der Waals surface area contributed by atoms with Crippen LogP contribution in [0.3, 0.4) is 0 Å². The third-order valence-electron chi connectivity index (χ3n) is 3.40. The van der Waals surface area contributed by atoms with Crippen LogP contribution in [0.5, 0.6) is 0 Å². The Bertz CT molecular complexity index is 870.